The Morgan fingerprint density at radius 2 is 1.63 bits per heavy atom. The van der Waals surface area contributed by atoms with Gasteiger partial charge in [-0.1, -0.05) is 63.3 Å². The van der Waals surface area contributed by atoms with E-state index in [1.54, 1.807) is 12.1 Å². The van der Waals surface area contributed by atoms with Gasteiger partial charge in [0.15, 0.2) is 0 Å². The fourth-order valence-corrected chi connectivity index (χ4v) is 3.41. The molecule has 142 valence electrons. The summed E-state index contributed by atoms with van der Waals surface area (Å²) < 4.78 is 38.1. The van der Waals surface area contributed by atoms with Crippen LogP contribution < -0.4 is 61.2 Å². The van der Waals surface area contributed by atoms with Crippen molar-refractivity contribution in [1.29, 1.82) is 0 Å². The first kappa shape index (κ1) is 24.6. The molecule has 0 bridgehead atoms. The van der Waals surface area contributed by atoms with Gasteiger partial charge >= 0.3 is 51.4 Å². The van der Waals surface area contributed by atoms with Crippen LogP contribution in [0.2, 0.25) is 0 Å². The molecule has 0 aromatic heterocycles. The molecule has 0 saturated heterocycles. The van der Waals surface area contributed by atoms with Gasteiger partial charge in [0.05, 0.1) is 0 Å². The molecule has 0 spiro atoms. The summed E-state index contributed by atoms with van der Waals surface area (Å²) >= 11 is 0. The van der Waals surface area contributed by atoms with E-state index in [1.165, 1.54) is 56.0 Å². The van der Waals surface area contributed by atoms with E-state index in [9.17, 15) is 18.1 Å². The van der Waals surface area contributed by atoms with Crippen LogP contribution in [0.3, 0.4) is 0 Å². The molecule has 0 saturated carbocycles. The first-order chi connectivity index (χ1) is 12.4. The minimum absolute atomic E-state index is 0. The van der Waals surface area contributed by atoms with Crippen LogP contribution in [0, 0.1) is 0 Å². The van der Waals surface area contributed by atoms with Crippen molar-refractivity contribution >= 4 is 10.1 Å². The fraction of sp³-hybridized carbons (Fsp3) is 0.400. The molecular weight excluding hydrogens is 391 g/mol. The maximum Gasteiger partial charge on any atom is 1.00 e. The van der Waals surface area contributed by atoms with Crippen molar-refractivity contribution in [2.24, 2.45) is 0 Å². The molecule has 0 aliphatic heterocycles. The van der Waals surface area contributed by atoms with Crippen LogP contribution in [0.25, 0.3) is 0 Å². The number of benzene rings is 2. The van der Waals surface area contributed by atoms with Crippen molar-refractivity contribution in [2.75, 3.05) is 0 Å². The van der Waals surface area contributed by atoms with Gasteiger partial charge in [0.1, 0.15) is 16.4 Å². The molecule has 2 aromatic rings. The average molecular weight is 417 g/mol. The third-order valence-electron chi connectivity index (χ3n) is 4.19. The first-order valence-electron chi connectivity index (χ1n) is 8.96. The molecule has 0 aliphatic rings. The normalized spacial score (nSPS) is 11.0. The predicted molar refractivity (Wildman–Crippen MR) is 99.3 cm³/mol. The van der Waals surface area contributed by atoms with E-state index in [0.717, 1.165) is 24.8 Å². The van der Waals surface area contributed by atoms with Crippen LogP contribution >= 0.6 is 0 Å². The topological polar surface area (TPSA) is 86.7 Å². The van der Waals surface area contributed by atoms with Gasteiger partial charge in [-0.2, -0.15) is 8.42 Å². The number of aryl methyl sites for hydroxylation is 1. The molecule has 0 atom stereocenters. The molecule has 2 rings (SSSR count). The second kappa shape index (κ2) is 12.2. The van der Waals surface area contributed by atoms with Crippen LogP contribution in [-0.2, 0) is 16.5 Å². The minimum Gasteiger partial charge on any atom is -0.872 e. The van der Waals surface area contributed by atoms with E-state index in [1.807, 2.05) is 0 Å². The Balaban J connectivity index is 0.00000364. The predicted octanol–water partition coefficient (Wildman–Crippen LogP) is 1.71. The Labute approximate surface area is 204 Å². The second-order valence-corrected chi connectivity index (χ2v) is 7.70. The molecular formula is C20H25KO5S. The van der Waals surface area contributed by atoms with Gasteiger partial charge in [-0.25, -0.2) is 0 Å². The van der Waals surface area contributed by atoms with Gasteiger partial charge < -0.3 is 9.84 Å². The summed E-state index contributed by atoms with van der Waals surface area (Å²) in [4.78, 5) is -0.318. The van der Waals surface area contributed by atoms with E-state index in [-0.39, 0.29) is 67.8 Å². The maximum atomic E-state index is 11.7. The van der Waals surface area contributed by atoms with Gasteiger partial charge in [0.25, 0.3) is 10.1 Å². The molecule has 0 radical (unpaired) electrons. The third kappa shape index (κ3) is 8.23. The number of unbranched alkanes of at least 4 members (excludes halogenated alkanes) is 5. The number of hydrogen-bond acceptors (Lipinski definition) is 4. The smallest absolute Gasteiger partial charge is 0.872 e. The zero-order chi connectivity index (χ0) is 19.0. The minimum atomic E-state index is -4.41. The fourth-order valence-electron chi connectivity index (χ4n) is 2.80. The SMILES string of the molecule is CCCCCCCCc1ccc([O-])cc1Oc1ccccc1S(=O)(=O)O.[K+]. The van der Waals surface area contributed by atoms with E-state index in [2.05, 4.69) is 6.92 Å². The van der Waals surface area contributed by atoms with E-state index in [4.69, 9.17) is 4.74 Å². The third-order valence-corrected chi connectivity index (χ3v) is 5.08. The van der Waals surface area contributed by atoms with E-state index in [0.29, 0.717) is 5.75 Å². The largest absolute Gasteiger partial charge is 1.00 e. The molecule has 27 heavy (non-hydrogen) atoms. The maximum absolute atomic E-state index is 11.7. The molecule has 0 amide bonds. The van der Waals surface area contributed by atoms with Crippen LogP contribution in [0.15, 0.2) is 47.4 Å². The summed E-state index contributed by atoms with van der Waals surface area (Å²) in [6, 6.07) is 10.4. The molecule has 0 aliphatic carbocycles. The number of rotatable bonds is 10. The summed E-state index contributed by atoms with van der Waals surface area (Å²) in [5, 5.41) is 11.7. The summed E-state index contributed by atoms with van der Waals surface area (Å²) in [7, 11) is -4.41. The number of para-hydroxylation sites is 1. The van der Waals surface area contributed by atoms with Crippen molar-refractivity contribution in [3.8, 4) is 17.2 Å². The zero-order valence-corrected chi connectivity index (χ0v) is 19.9. The first-order valence-corrected chi connectivity index (χ1v) is 10.4. The number of ether oxygens (including phenoxy) is 1. The molecule has 5 nitrogen and oxygen atoms in total. The van der Waals surface area contributed by atoms with E-state index >= 15 is 0 Å². The molecule has 1 N–H and O–H groups in total. The van der Waals surface area contributed by atoms with Crippen LogP contribution in [0.1, 0.15) is 51.0 Å². The van der Waals surface area contributed by atoms with Crippen LogP contribution in [0.5, 0.6) is 17.2 Å². The zero-order valence-electron chi connectivity index (χ0n) is 16.0. The summed E-state index contributed by atoms with van der Waals surface area (Å²) in [5.74, 6) is 0.128. The Morgan fingerprint density at radius 1 is 0.963 bits per heavy atom. The molecule has 0 unspecified atom stereocenters. The van der Waals surface area contributed by atoms with Crippen LogP contribution in [-0.4, -0.2) is 13.0 Å². The Morgan fingerprint density at radius 3 is 2.33 bits per heavy atom. The molecule has 0 fully saturated rings. The molecule has 2 aromatic carbocycles. The molecule has 0 heterocycles. The van der Waals surface area contributed by atoms with Crippen LogP contribution in [0.4, 0.5) is 0 Å². The monoisotopic (exact) mass is 416 g/mol. The van der Waals surface area contributed by atoms with Gasteiger partial charge in [-0.3, -0.25) is 4.55 Å². The number of hydrogen-bond donors (Lipinski definition) is 1. The van der Waals surface area contributed by atoms with Gasteiger partial charge in [0, 0.05) is 0 Å². The summed E-state index contributed by atoms with van der Waals surface area (Å²) in [6.45, 7) is 2.18. The average Bonchev–Trinajstić information content (AvgIpc) is 2.59. The Bertz CT molecular complexity index is 821. The van der Waals surface area contributed by atoms with E-state index < -0.39 is 10.1 Å². The quantitative estimate of drug-likeness (QED) is 0.362. The van der Waals surface area contributed by atoms with Crippen molar-refractivity contribution in [3.63, 3.8) is 0 Å². The van der Waals surface area contributed by atoms with Crippen molar-refractivity contribution < 1.29 is 74.2 Å². The summed E-state index contributed by atoms with van der Waals surface area (Å²) in [5.41, 5.74) is 0.852. The molecule has 7 heteroatoms. The Kier molecular flexibility index (Phi) is 11.1. The van der Waals surface area contributed by atoms with Crippen molar-refractivity contribution in [3.05, 3.63) is 48.0 Å². The second-order valence-electron chi connectivity index (χ2n) is 6.31. The van der Waals surface area contributed by atoms with Gasteiger partial charge in [-0.15, -0.1) is 5.75 Å². The van der Waals surface area contributed by atoms with Gasteiger partial charge in [0.2, 0.25) is 0 Å². The van der Waals surface area contributed by atoms with Gasteiger partial charge in [-0.05, 0) is 36.6 Å². The summed E-state index contributed by atoms with van der Waals surface area (Å²) in [6.07, 6.45) is 7.66. The van der Waals surface area contributed by atoms with Crippen molar-refractivity contribution in [1.82, 2.24) is 0 Å². The standard InChI is InChI=1S/C20H26O5S.K/c1-2-3-4-5-6-7-10-16-13-14-17(21)15-19(16)25-18-11-8-9-12-20(18)26(22,23)24;/h8-9,11-15,21H,2-7,10H2,1H3,(H,22,23,24);/q;+1/p-1. The van der Waals surface area contributed by atoms with Crippen molar-refractivity contribution in [2.45, 2.75) is 56.8 Å². The Hall–Kier alpha value is -0.414.